The predicted octanol–water partition coefficient (Wildman–Crippen LogP) is 3.18. The first-order chi connectivity index (χ1) is 9.65. The fourth-order valence-corrected chi connectivity index (χ4v) is 2.57. The van der Waals surface area contributed by atoms with Gasteiger partial charge >= 0.3 is 0 Å². The molecule has 0 fully saturated rings. The van der Waals surface area contributed by atoms with Gasteiger partial charge in [0.2, 0.25) is 0 Å². The van der Waals surface area contributed by atoms with E-state index in [1.807, 2.05) is 13.0 Å². The molecule has 0 aliphatic heterocycles. The van der Waals surface area contributed by atoms with Crippen LogP contribution in [0.1, 0.15) is 29.4 Å². The fourth-order valence-electron chi connectivity index (χ4n) is 2.57. The number of rotatable bonds is 5. The van der Waals surface area contributed by atoms with Crippen molar-refractivity contribution in [1.29, 1.82) is 0 Å². The van der Waals surface area contributed by atoms with Gasteiger partial charge in [0.1, 0.15) is 0 Å². The minimum absolute atomic E-state index is 0.564. The molecule has 2 N–H and O–H groups in total. The van der Waals surface area contributed by atoms with Crippen LogP contribution in [-0.4, -0.2) is 11.5 Å². The van der Waals surface area contributed by atoms with Gasteiger partial charge in [-0.15, -0.1) is 0 Å². The normalized spacial score (nSPS) is 10.6. The van der Waals surface area contributed by atoms with Crippen molar-refractivity contribution in [1.82, 2.24) is 4.98 Å². The average molecular weight is 269 g/mol. The van der Waals surface area contributed by atoms with Crippen molar-refractivity contribution in [2.45, 2.75) is 33.9 Å². The minimum atomic E-state index is 0.564. The van der Waals surface area contributed by atoms with E-state index in [1.165, 1.54) is 16.8 Å². The minimum Gasteiger partial charge on any atom is -0.365 e. The average Bonchev–Trinajstić information content (AvgIpc) is 2.45. The van der Waals surface area contributed by atoms with Crippen molar-refractivity contribution in [2.24, 2.45) is 5.73 Å². The second kappa shape index (κ2) is 6.53. The Hall–Kier alpha value is -1.87. The highest BCUT2D eigenvalue weighted by atomic mass is 15.1. The Kier molecular flexibility index (Phi) is 4.74. The summed E-state index contributed by atoms with van der Waals surface area (Å²) in [5, 5.41) is 0. The van der Waals surface area contributed by atoms with Crippen LogP contribution in [0.3, 0.4) is 0 Å². The monoisotopic (exact) mass is 269 g/mol. The molecule has 0 saturated heterocycles. The number of anilines is 1. The highest BCUT2D eigenvalue weighted by Gasteiger charge is 2.12. The number of hydrogen-bond donors (Lipinski definition) is 1. The van der Waals surface area contributed by atoms with Crippen molar-refractivity contribution >= 4 is 5.69 Å². The van der Waals surface area contributed by atoms with Gasteiger partial charge in [0.25, 0.3) is 0 Å². The number of aromatic nitrogens is 1. The summed E-state index contributed by atoms with van der Waals surface area (Å²) in [7, 11) is 0. The lowest BCUT2D eigenvalue weighted by Gasteiger charge is -2.27. The number of para-hydroxylation sites is 1. The second-order valence-corrected chi connectivity index (χ2v) is 5.07. The highest BCUT2D eigenvalue weighted by molar-refractivity contribution is 5.59. The molecule has 0 bridgehead atoms. The van der Waals surface area contributed by atoms with E-state index < -0.39 is 0 Å². The van der Waals surface area contributed by atoms with Crippen LogP contribution in [0, 0.1) is 13.8 Å². The molecular formula is C17H23N3. The van der Waals surface area contributed by atoms with E-state index in [0.717, 1.165) is 24.5 Å². The molecule has 20 heavy (non-hydrogen) atoms. The van der Waals surface area contributed by atoms with Crippen LogP contribution in [0.5, 0.6) is 0 Å². The van der Waals surface area contributed by atoms with Gasteiger partial charge in [-0.05, 0) is 44.0 Å². The first kappa shape index (κ1) is 14.5. The predicted molar refractivity (Wildman–Crippen MR) is 84.8 cm³/mol. The van der Waals surface area contributed by atoms with Crippen LogP contribution >= 0.6 is 0 Å². The summed E-state index contributed by atoms with van der Waals surface area (Å²) < 4.78 is 0. The summed E-state index contributed by atoms with van der Waals surface area (Å²) in [6.07, 6.45) is 0. The summed E-state index contributed by atoms with van der Waals surface area (Å²) in [5.41, 5.74) is 11.8. The molecule has 1 aromatic heterocycles. The Morgan fingerprint density at radius 1 is 1.10 bits per heavy atom. The standard InChI is InChI=1S/C17H23N3/c1-4-20(12-16-10-6-8-14(3)19-16)17-13(2)7-5-9-15(17)11-18/h5-10H,4,11-12,18H2,1-3H3. The van der Waals surface area contributed by atoms with E-state index in [0.29, 0.717) is 6.54 Å². The zero-order valence-electron chi connectivity index (χ0n) is 12.6. The number of benzene rings is 1. The Morgan fingerprint density at radius 3 is 2.50 bits per heavy atom. The maximum Gasteiger partial charge on any atom is 0.0602 e. The highest BCUT2D eigenvalue weighted by Crippen LogP contribution is 2.26. The molecular weight excluding hydrogens is 246 g/mol. The zero-order chi connectivity index (χ0) is 14.5. The summed E-state index contributed by atoms with van der Waals surface area (Å²) >= 11 is 0. The first-order valence-corrected chi connectivity index (χ1v) is 7.11. The van der Waals surface area contributed by atoms with E-state index >= 15 is 0 Å². The van der Waals surface area contributed by atoms with Crippen LogP contribution in [0.4, 0.5) is 5.69 Å². The molecule has 0 atom stereocenters. The van der Waals surface area contributed by atoms with E-state index in [9.17, 15) is 0 Å². The van der Waals surface area contributed by atoms with E-state index in [2.05, 4.69) is 54.1 Å². The fraction of sp³-hybridized carbons (Fsp3) is 0.353. The van der Waals surface area contributed by atoms with E-state index in [1.54, 1.807) is 0 Å². The van der Waals surface area contributed by atoms with Gasteiger partial charge in [-0.3, -0.25) is 4.98 Å². The molecule has 1 heterocycles. The topological polar surface area (TPSA) is 42.2 Å². The van der Waals surface area contributed by atoms with Gasteiger partial charge in [0.15, 0.2) is 0 Å². The zero-order valence-corrected chi connectivity index (χ0v) is 12.6. The molecule has 0 spiro atoms. The van der Waals surface area contributed by atoms with Crippen molar-refractivity contribution in [3.63, 3.8) is 0 Å². The van der Waals surface area contributed by atoms with Crippen molar-refractivity contribution < 1.29 is 0 Å². The number of aryl methyl sites for hydroxylation is 2. The molecule has 2 rings (SSSR count). The molecule has 3 nitrogen and oxygen atoms in total. The third kappa shape index (κ3) is 3.17. The molecule has 0 saturated carbocycles. The van der Waals surface area contributed by atoms with Crippen molar-refractivity contribution in [3.8, 4) is 0 Å². The largest absolute Gasteiger partial charge is 0.365 e. The molecule has 0 amide bonds. The lowest BCUT2D eigenvalue weighted by Crippen LogP contribution is -2.25. The molecule has 0 unspecified atom stereocenters. The van der Waals surface area contributed by atoms with Crippen LogP contribution in [0.25, 0.3) is 0 Å². The number of nitrogens with two attached hydrogens (primary N) is 1. The smallest absolute Gasteiger partial charge is 0.0602 e. The van der Waals surface area contributed by atoms with Gasteiger partial charge in [0.05, 0.1) is 12.2 Å². The quantitative estimate of drug-likeness (QED) is 0.906. The van der Waals surface area contributed by atoms with Crippen molar-refractivity contribution in [2.75, 3.05) is 11.4 Å². The SMILES string of the molecule is CCN(Cc1cccc(C)n1)c1c(C)cccc1CN. The van der Waals surface area contributed by atoms with Crippen LogP contribution < -0.4 is 10.6 Å². The third-order valence-corrected chi connectivity index (χ3v) is 3.54. The number of nitrogens with zero attached hydrogens (tertiary/aromatic N) is 2. The van der Waals surface area contributed by atoms with Gasteiger partial charge in [-0.25, -0.2) is 0 Å². The molecule has 0 radical (unpaired) electrons. The number of hydrogen-bond acceptors (Lipinski definition) is 3. The number of pyridine rings is 1. The van der Waals surface area contributed by atoms with Gasteiger partial charge in [-0.2, -0.15) is 0 Å². The lowest BCUT2D eigenvalue weighted by atomic mass is 10.1. The van der Waals surface area contributed by atoms with Gasteiger partial charge in [-0.1, -0.05) is 24.3 Å². The third-order valence-electron chi connectivity index (χ3n) is 3.54. The second-order valence-electron chi connectivity index (χ2n) is 5.07. The summed E-state index contributed by atoms with van der Waals surface area (Å²) in [6, 6.07) is 12.5. The molecule has 3 heteroatoms. The lowest BCUT2D eigenvalue weighted by molar-refractivity contribution is 0.794. The van der Waals surface area contributed by atoms with Crippen LogP contribution in [0.2, 0.25) is 0 Å². The molecule has 106 valence electrons. The Morgan fingerprint density at radius 2 is 1.85 bits per heavy atom. The molecule has 0 aliphatic carbocycles. The Bertz CT molecular complexity index is 578. The Balaban J connectivity index is 2.33. The maximum absolute atomic E-state index is 5.89. The van der Waals surface area contributed by atoms with E-state index in [-0.39, 0.29) is 0 Å². The summed E-state index contributed by atoms with van der Waals surface area (Å²) in [5.74, 6) is 0. The van der Waals surface area contributed by atoms with Gasteiger partial charge in [0, 0.05) is 24.5 Å². The van der Waals surface area contributed by atoms with Gasteiger partial charge < -0.3 is 10.6 Å². The Labute approximate surface area is 121 Å². The summed E-state index contributed by atoms with van der Waals surface area (Å²) in [4.78, 5) is 6.95. The molecule has 1 aromatic carbocycles. The van der Waals surface area contributed by atoms with Crippen molar-refractivity contribution in [3.05, 3.63) is 58.9 Å². The summed E-state index contributed by atoms with van der Waals surface area (Å²) in [6.45, 7) is 8.65. The van der Waals surface area contributed by atoms with Crippen LogP contribution in [-0.2, 0) is 13.1 Å². The first-order valence-electron chi connectivity index (χ1n) is 7.11. The maximum atomic E-state index is 5.89. The van der Waals surface area contributed by atoms with Crippen LogP contribution in [0.15, 0.2) is 36.4 Å². The molecule has 0 aliphatic rings. The van der Waals surface area contributed by atoms with E-state index in [4.69, 9.17) is 5.73 Å². The molecule has 2 aromatic rings.